The number of carbonyl (C=O) groups excluding carboxylic acids is 1. The summed E-state index contributed by atoms with van der Waals surface area (Å²) in [6.45, 7) is 0.429. The van der Waals surface area contributed by atoms with E-state index in [1.54, 1.807) is 11.6 Å². The van der Waals surface area contributed by atoms with Gasteiger partial charge in [0.2, 0.25) is 5.91 Å². The SMILES string of the molecule is O=C(CCCNCS(=O)(=O)c1ccc(Cl)cc1)Nc1nccs1. The summed E-state index contributed by atoms with van der Waals surface area (Å²) in [5.74, 6) is -0.315. The average molecular weight is 374 g/mol. The number of nitrogens with zero attached hydrogens (tertiary/aromatic N) is 1. The molecule has 1 amide bonds. The van der Waals surface area contributed by atoms with Crippen LogP contribution in [0.15, 0.2) is 40.7 Å². The van der Waals surface area contributed by atoms with Crippen LogP contribution in [-0.2, 0) is 14.6 Å². The normalized spacial score (nSPS) is 11.3. The van der Waals surface area contributed by atoms with Crippen molar-refractivity contribution in [1.29, 1.82) is 0 Å². The lowest BCUT2D eigenvalue weighted by atomic mass is 10.3. The van der Waals surface area contributed by atoms with Gasteiger partial charge in [0.05, 0.1) is 4.90 Å². The van der Waals surface area contributed by atoms with Crippen molar-refractivity contribution in [3.63, 3.8) is 0 Å². The van der Waals surface area contributed by atoms with Crippen LogP contribution in [0.5, 0.6) is 0 Å². The molecule has 6 nitrogen and oxygen atoms in total. The summed E-state index contributed by atoms with van der Waals surface area (Å²) in [6, 6.07) is 6.02. The number of benzene rings is 1. The Labute approximate surface area is 143 Å². The molecule has 2 aromatic rings. The second-order valence-electron chi connectivity index (χ2n) is 4.70. The first kappa shape index (κ1) is 17.9. The van der Waals surface area contributed by atoms with Gasteiger partial charge in [-0.1, -0.05) is 11.6 Å². The summed E-state index contributed by atoms with van der Waals surface area (Å²) in [6.07, 6.45) is 2.45. The standard InChI is InChI=1S/C14H16ClN3O3S2/c15-11-3-5-12(6-4-11)23(20,21)10-16-7-1-2-13(19)18-14-17-8-9-22-14/h3-6,8-9,16H,1-2,7,10H2,(H,17,18,19). The fraction of sp³-hybridized carbons (Fsp3) is 0.286. The molecule has 9 heteroatoms. The molecule has 2 rings (SSSR count). The maximum atomic E-state index is 12.1. The topological polar surface area (TPSA) is 88.2 Å². The molecule has 0 saturated heterocycles. The third kappa shape index (κ3) is 5.91. The van der Waals surface area contributed by atoms with Gasteiger partial charge in [-0.3, -0.25) is 4.79 Å². The first-order valence-corrected chi connectivity index (χ1v) is 9.77. The van der Waals surface area contributed by atoms with Gasteiger partial charge < -0.3 is 10.6 Å². The Hall–Kier alpha value is -1.48. The van der Waals surface area contributed by atoms with Crippen molar-refractivity contribution in [2.45, 2.75) is 17.7 Å². The van der Waals surface area contributed by atoms with Gasteiger partial charge >= 0.3 is 0 Å². The largest absolute Gasteiger partial charge is 0.303 e. The van der Waals surface area contributed by atoms with Crippen molar-refractivity contribution >= 4 is 43.8 Å². The molecule has 0 spiro atoms. The first-order chi connectivity index (χ1) is 11.0. The predicted molar refractivity (Wildman–Crippen MR) is 91.5 cm³/mol. The highest BCUT2D eigenvalue weighted by atomic mass is 35.5. The average Bonchev–Trinajstić information content (AvgIpc) is 3.00. The molecule has 0 aliphatic heterocycles. The molecule has 0 aliphatic rings. The Morgan fingerprint density at radius 3 is 2.65 bits per heavy atom. The number of nitrogens with one attached hydrogen (secondary N) is 2. The van der Waals surface area contributed by atoms with Crippen molar-refractivity contribution in [2.24, 2.45) is 0 Å². The molecule has 124 valence electrons. The molecule has 1 aromatic carbocycles. The van der Waals surface area contributed by atoms with E-state index < -0.39 is 9.84 Å². The maximum Gasteiger partial charge on any atom is 0.226 e. The summed E-state index contributed by atoms with van der Waals surface area (Å²) >= 11 is 7.09. The van der Waals surface area contributed by atoms with Crippen molar-refractivity contribution in [3.8, 4) is 0 Å². The fourth-order valence-corrected chi connectivity index (χ4v) is 3.57. The van der Waals surface area contributed by atoms with E-state index in [0.717, 1.165) is 0 Å². The van der Waals surface area contributed by atoms with Crippen molar-refractivity contribution in [3.05, 3.63) is 40.9 Å². The van der Waals surface area contributed by atoms with Crippen LogP contribution in [0.1, 0.15) is 12.8 Å². The highest BCUT2D eigenvalue weighted by molar-refractivity contribution is 7.91. The summed E-state index contributed by atoms with van der Waals surface area (Å²) in [5.41, 5.74) is 0. The molecule has 0 radical (unpaired) electrons. The Bertz CT molecular complexity index is 731. The zero-order chi connectivity index (χ0) is 16.7. The van der Waals surface area contributed by atoms with Crippen LogP contribution < -0.4 is 10.6 Å². The van der Waals surface area contributed by atoms with E-state index in [2.05, 4.69) is 15.6 Å². The quantitative estimate of drug-likeness (QED) is 0.694. The number of carbonyl (C=O) groups is 1. The predicted octanol–water partition coefficient (Wildman–Crippen LogP) is 2.54. The number of aromatic nitrogens is 1. The zero-order valence-electron chi connectivity index (χ0n) is 12.2. The smallest absolute Gasteiger partial charge is 0.226 e. The maximum absolute atomic E-state index is 12.1. The van der Waals surface area contributed by atoms with E-state index in [-0.39, 0.29) is 16.7 Å². The minimum absolute atomic E-state index is 0.137. The monoisotopic (exact) mass is 373 g/mol. The van der Waals surface area contributed by atoms with E-state index in [1.165, 1.54) is 35.6 Å². The van der Waals surface area contributed by atoms with Gasteiger partial charge in [-0.15, -0.1) is 11.3 Å². The summed E-state index contributed by atoms with van der Waals surface area (Å²) in [4.78, 5) is 15.8. The lowest BCUT2D eigenvalue weighted by molar-refractivity contribution is -0.116. The Balaban J connectivity index is 1.68. The van der Waals surface area contributed by atoms with E-state index in [9.17, 15) is 13.2 Å². The molecule has 0 saturated carbocycles. The van der Waals surface area contributed by atoms with Gasteiger partial charge in [-0.2, -0.15) is 0 Å². The molecular weight excluding hydrogens is 358 g/mol. The van der Waals surface area contributed by atoms with Gasteiger partial charge in [0.25, 0.3) is 0 Å². The van der Waals surface area contributed by atoms with Crippen LogP contribution >= 0.6 is 22.9 Å². The molecule has 23 heavy (non-hydrogen) atoms. The molecule has 0 bridgehead atoms. The van der Waals surface area contributed by atoms with Crippen LogP contribution in [0.2, 0.25) is 5.02 Å². The Morgan fingerprint density at radius 2 is 2.00 bits per heavy atom. The molecule has 2 N–H and O–H groups in total. The highest BCUT2D eigenvalue weighted by Crippen LogP contribution is 2.15. The van der Waals surface area contributed by atoms with Crippen LogP contribution in [0.3, 0.4) is 0 Å². The summed E-state index contributed by atoms with van der Waals surface area (Å²) in [5, 5.41) is 8.34. The third-order valence-corrected chi connectivity index (χ3v) is 5.42. The van der Waals surface area contributed by atoms with Gasteiger partial charge in [0.1, 0.15) is 5.88 Å². The van der Waals surface area contributed by atoms with Crippen molar-refractivity contribution in [2.75, 3.05) is 17.7 Å². The zero-order valence-corrected chi connectivity index (χ0v) is 14.5. The van der Waals surface area contributed by atoms with Crippen LogP contribution in [0.25, 0.3) is 0 Å². The second-order valence-corrected chi connectivity index (χ2v) is 8.02. The molecule has 1 heterocycles. The Morgan fingerprint density at radius 1 is 1.26 bits per heavy atom. The molecule has 0 fully saturated rings. The number of rotatable bonds is 8. The van der Waals surface area contributed by atoms with Crippen molar-refractivity contribution in [1.82, 2.24) is 10.3 Å². The minimum atomic E-state index is -3.40. The second kappa shape index (κ2) is 8.39. The van der Waals surface area contributed by atoms with Gasteiger partial charge in [0, 0.05) is 23.0 Å². The lowest BCUT2D eigenvalue weighted by Crippen LogP contribution is -2.25. The van der Waals surface area contributed by atoms with Gasteiger partial charge in [-0.25, -0.2) is 13.4 Å². The van der Waals surface area contributed by atoms with E-state index in [1.807, 2.05) is 0 Å². The molecule has 0 atom stereocenters. The fourth-order valence-electron chi connectivity index (χ4n) is 1.77. The van der Waals surface area contributed by atoms with E-state index in [4.69, 9.17) is 11.6 Å². The number of sulfone groups is 1. The van der Waals surface area contributed by atoms with Gasteiger partial charge in [-0.05, 0) is 37.2 Å². The molecule has 0 unspecified atom stereocenters. The molecular formula is C14H16ClN3O3S2. The highest BCUT2D eigenvalue weighted by Gasteiger charge is 2.13. The van der Waals surface area contributed by atoms with Crippen LogP contribution in [0, 0.1) is 0 Å². The van der Waals surface area contributed by atoms with Crippen molar-refractivity contribution < 1.29 is 13.2 Å². The minimum Gasteiger partial charge on any atom is -0.303 e. The lowest BCUT2D eigenvalue weighted by Gasteiger charge is -2.07. The van der Waals surface area contributed by atoms with Crippen LogP contribution in [-0.4, -0.2) is 31.7 Å². The first-order valence-electron chi connectivity index (χ1n) is 6.86. The molecule has 1 aromatic heterocycles. The van der Waals surface area contributed by atoms with E-state index in [0.29, 0.717) is 29.5 Å². The number of hydrogen-bond donors (Lipinski definition) is 2. The number of hydrogen-bond acceptors (Lipinski definition) is 6. The number of thiazole rings is 1. The van der Waals surface area contributed by atoms with E-state index >= 15 is 0 Å². The number of amides is 1. The van der Waals surface area contributed by atoms with Crippen LogP contribution in [0.4, 0.5) is 5.13 Å². The number of halogens is 1. The summed E-state index contributed by atoms with van der Waals surface area (Å²) < 4.78 is 24.1. The van der Waals surface area contributed by atoms with Gasteiger partial charge in [0.15, 0.2) is 15.0 Å². The number of anilines is 1. The third-order valence-electron chi connectivity index (χ3n) is 2.90. The Kier molecular flexibility index (Phi) is 6.52. The molecule has 0 aliphatic carbocycles. The summed E-state index contributed by atoms with van der Waals surface area (Å²) in [7, 11) is -3.40.